The number of benzene rings is 1. The van der Waals surface area contributed by atoms with E-state index in [1.165, 1.54) is 26.5 Å². The first-order valence-corrected chi connectivity index (χ1v) is 7.07. The second kappa shape index (κ2) is 6.85. The van der Waals surface area contributed by atoms with E-state index in [1.54, 1.807) is 24.3 Å². The number of hydroxylamine groups is 1. The van der Waals surface area contributed by atoms with Gasteiger partial charge in [0.25, 0.3) is 17.7 Å². The molecule has 0 aromatic heterocycles. The molecule has 3 N–H and O–H groups in total. The fourth-order valence-corrected chi connectivity index (χ4v) is 2.11. The zero-order valence-electron chi connectivity index (χ0n) is 11.8. The van der Waals surface area contributed by atoms with Crippen LogP contribution >= 0.6 is 22.6 Å². The lowest BCUT2D eigenvalue weighted by Crippen LogP contribution is -2.64. The molecule has 1 aromatic rings. The Morgan fingerprint density at radius 2 is 1.71 bits per heavy atom. The highest BCUT2D eigenvalue weighted by atomic mass is 127. The van der Waals surface area contributed by atoms with Crippen molar-refractivity contribution >= 4 is 40.3 Å². The number of carbonyl (C=O) groups is 3. The molecule has 1 rings (SSSR count). The third-order valence-electron chi connectivity index (χ3n) is 3.28. The van der Waals surface area contributed by atoms with Crippen LogP contribution in [0.2, 0.25) is 0 Å². The highest BCUT2D eigenvalue weighted by molar-refractivity contribution is 14.1. The molecule has 0 heterocycles. The Kier molecular flexibility index (Phi) is 5.67. The van der Waals surface area contributed by atoms with Gasteiger partial charge in [-0.1, -0.05) is 0 Å². The van der Waals surface area contributed by atoms with Crippen LogP contribution in [0.15, 0.2) is 24.3 Å². The van der Waals surface area contributed by atoms with Crippen molar-refractivity contribution in [3.05, 3.63) is 33.4 Å². The number of amides is 3. The van der Waals surface area contributed by atoms with Gasteiger partial charge in [0, 0.05) is 23.2 Å². The van der Waals surface area contributed by atoms with E-state index in [-0.39, 0.29) is 0 Å². The van der Waals surface area contributed by atoms with Crippen molar-refractivity contribution < 1.29 is 19.6 Å². The second-order valence-electron chi connectivity index (χ2n) is 4.46. The van der Waals surface area contributed by atoms with Crippen molar-refractivity contribution in [3.63, 3.8) is 0 Å². The maximum Gasteiger partial charge on any atom is 0.278 e. The lowest BCUT2D eigenvalue weighted by Gasteiger charge is -2.34. The molecule has 0 fully saturated rings. The molecule has 0 unspecified atom stereocenters. The minimum Gasteiger partial charge on any atom is -0.357 e. The summed E-state index contributed by atoms with van der Waals surface area (Å²) in [5.74, 6) is -2.22. The van der Waals surface area contributed by atoms with E-state index >= 15 is 0 Å². The second-order valence-corrected chi connectivity index (χ2v) is 5.71. The Labute approximate surface area is 135 Å². The van der Waals surface area contributed by atoms with Crippen LogP contribution in [0.4, 0.5) is 0 Å². The summed E-state index contributed by atoms with van der Waals surface area (Å²) in [6.45, 7) is 1.25. The van der Waals surface area contributed by atoms with Gasteiger partial charge in [0.15, 0.2) is 5.54 Å². The first-order valence-electron chi connectivity index (χ1n) is 5.99. The molecule has 21 heavy (non-hydrogen) atoms. The fourth-order valence-electron chi connectivity index (χ4n) is 1.75. The van der Waals surface area contributed by atoms with Crippen molar-refractivity contribution in [1.29, 1.82) is 0 Å². The summed E-state index contributed by atoms with van der Waals surface area (Å²) in [7, 11) is 2.67. The number of carbonyl (C=O) groups excluding carboxylic acids is 3. The van der Waals surface area contributed by atoms with Crippen LogP contribution < -0.4 is 10.8 Å². The molecule has 8 heteroatoms. The Morgan fingerprint density at radius 3 is 2.14 bits per heavy atom. The van der Waals surface area contributed by atoms with Gasteiger partial charge in [0.1, 0.15) is 0 Å². The molecule has 0 aliphatic carbocycles. The monoisotopic (exact) mass is 405 g/mol. The third kappa shape index (κ3) is 3.32. The molecule has 0 saturated carbocycles. The van der Waals surface area contributed by atoms with Gasteiger partial charge in [-0.15, -0.1) is 0 Å². The summed E-state index contributed by atoms with van der Waals surface area (Å²) in [6, 6.07) is 6.68. The van der Waals surface area contributed by atoms with Gasteiger partial charge in [0.2, 0.25) is 0 Å². The molecule has 7 nitrogen and oxygen atoms in total. The van der Waals surface area contributed by atoms with E-state index in [0.717, 1.165) is 8.47 Å². The molecule has 1 atom stereocenters. The summed E-state index contributed by atoms with van der Waals surface area (Å²) in [5, 5.41) is 11.1. The van der Waals surface area contributed by atoms with Gasteiger partial charge >= 0.3 is 0 Å². The van der Waals surface area contributed by atoms with E-state index in [9.17, 15) is 14.4 Å². The first kappa shape index (κ1) is 17.4. The molecule has 0 saturated heterocycles. The molecule has 0 aliphatic heterocycles. The highest BCUT2D eigenvalue weighted by Gasteiger charge is 2.47. The Hall–Kier alpha value is -1.68. The number of hydrogen-bond acceptors (Lipinski definition) is 4. The smallest absolute Gasteiger partial charge is 0.278 e. The number of nitrogens with zero attached hydrogens (tertiary/aromatic N) is 1. The van der Waals surface area contributed by atoms with E-state index < -0.39 is 23.3 Å². The quantitative estimate of drug-likeness (QED) is 0.292. The largest absolute Gasteiger partial charge is 0.357 e. The van der Waals surface area contributed by atoms with E-state index in [4.69, 9.17) is 5.21 Å². The molecule has 0 aliphatic rings. The van der Waals surface area contributed by atoms with Gasteiger partial charge in [-0.25, -0.2) is 5.48 Å². The highest BCUT2D eigenvalue weighted by Crippen LogP contribution is 2.18. The van der Waals surface area contributed by atoms with Gasteiger partial charge in [0.05, 0.1) is 0 Å². The van der Waals surface area contributed by atoms with E-state index in [0.29, 0.717) is 5.56 Å². The number of rotatable bonds is 4. The van der Waals surface area contributed by atoms with Gasteiger partial charge in [-0.05, 0) is 53.8 Å². The number of hydrogen-bond donors (Lipinski definition) is 3. The fraction of sp³-hybridized carbons (Fsp3) is 0.308. The topological polar surface area (TPSA) is 98.7 Å². The number of likely N-dealkylation sites (N-methyl/N-ethyl adjacent to an activating group) is 2. The first-order chi connectivity index (χ1) is 9.78. The van der Waals surface area contributed by atoms with Crippen LogP contribution in [0.25, 0.3) is 0 Å². The average molecular weight is 405 g/mol. The summed E-state index contributed by atoms with van der Waals surface area (Å²) < 4.78 is 0.953. The van der Waals surface area contributed by atoms with Crippen LogP contribution in [0.1, 0.15) is 17.3 Å². The lowest BCUT2D eigenvalue weighted by atomic mass is 9.97. The molecule has 0 bridgehead atoms. The third-order valence-corrected chi connectivity index (χ3v) is 4.00. The van der Waals surface area contributed by atoms with E-state index in [2.05, 4.69) is 27.9 Å². The Morgan fingerprint density at radius 1 is 1.19 bits per heavy atom. The minimum atomic E-state index is -1.87. The van der Waals surface area contributed by atoms with Crippen LogP contribution in [-0.4, -0.2) is 47.5 Å². The van der Waals surface area contributed by atoms with E-state index in [1.807, 2.05) is 0 Å². The van der Waals surface area contributed by atoms with Crippen molar-refractivity contribution in [2.24, 2.45) is 0 Å². The van der Waals surface area contributed by atoms with Crippen molar-refractivity contribution in [2.75, 3.05) is 14.1 Å². The van der Waals surface area contributed by atoms with Crippen molar-refractivity contribution in [1.82, 2.24) is 15.7 Å². The average Bonchev–Trinajstić information content (AvgIpc) is 2.51. The van der Waals surface area contributed by atoms with Crippen LogP contribution in [0.5, 0.6) is 0 Å². The molecule has 1 aromatic carbocycles. The maximum absolute atomic E-state index is 12.4. The van der Waals surface area contributed by atoms with Crippen LogP contribution in [-0.2, 0) is 9.59 Å². The van der Waals surface area contributed by atoms with Crippen LogP contribution in [0, 0.1) is 3.57 Å². The normalized spacial score (nSPS) is 13.0. The molecule has 114 valence electrons. The summed E-state index contributed by atoms with van der Waals surface area (Å²) in [6.07, 6.45) is 0. The summed E-state index contributed by atoms with van der Waals surface area (Å²) >= 11 is 2.10. The molecular formula is C13H16IN3O4. The van der Waals surface area contributed by atoms with Crippen molar-refractivity contribution in [2.45, 2.75) is 12.5 Å². The molecule has 0 radical (unpaired) electrons. The zero-order chi connectivity index (χ0) is 16.2. The standard InChI is InChI=1S/C13H16IN3O4/c1-13(11(19)15-2,12(20)16-21)17(3)10(18)8-4-6-9(14)7-5-8/h4-7,21H,1-3H3,(H,15,19)(H,16,20)/t13-/m0/s1. The SMILES string of the molecule is CNC(=O)[C@@](C)(C(=O)NO)N(C)C(=O)c1ccc(I)cc1. The van der Waals surface area contributed by atoms with Gasteiger partial charge in [-0.2, -0.15) is 0 Å². The van der Waals surface area contributed by atoms with Crippen LogP contribution in [0.3, 0.4) is 0 Å². The predicted molar refractivity (Wildman–Crippen MR) is 83.7 cm³/mol. The Bertz CT molecular complexity index is 543. The summed E-state index contributed by atoms with van der Waals surface area (Å²) in [4.78, 5) is 37.2. The summed E-state index contributed by atoms with van der Waals surface area (Å²) in [5.41, 5.74) is -0.117. The lowest BCUT2D eigenvalue weighted by molar-refractivity contribution is -0.148. The van der Waals surface area contributed by atoms with Gasteiger partial charge < -0.3 is 10.2 Å². The maximum atomic E-state index is 12.4. The molecular weight excluding hydrogens is 389 g/mol. The number of nitrogens with one attached hydrogen (secondary N) is 2. The Balaban J connectivity index is 3.19. The molecule has 3 amide bonds. The van der Waals surface area contributed by atoms with Gasteiger partial charge in [-0.3, -0.25) is 19.6 Å². The number of halogens is 1. The predicted octanol–water partition coefficient (Wildman–Crippen LogP) is 0.373. The zero-order valence-corrected chi connectivity index (χ0v) is 14.0. The minimum absolute atomic E-state index is 0.332. The van der Waals surface area contributed by atoms with Crippen molar-refractivity contribution in [3.8, 4) is 0 Å². The molecule has 0 spiro atoms.